The van der Waals surface area contributed by atoms with E-state index in [0.717, 1.165) is 18.4 Å². The molecule has 30 heavy (non-hydrogen) atoms. The van der Waals surface area contributed by atoms with Gasteiger partial charge in [0.1, 0.15) is 5.54 Å². The van der Waals surface area contributed by atoms with E-state index >= 15 is 0 Å². The highest BCUT2D eigenvalue weighted by Crippen LogP contribution is 2.38. The summed E-state index contributed by atoms with van der Waals surface area (Å²) >= 11 is 0. The van der Waals surface area contributed by atoms with Crippen molar-refractivity contribution >= 4 is 17.8 Å². The summed E-state index contributed by atoms with van der Waals surface area (Å²) in [4.78, 5) is 38.3. The molecular weight excluding hydrogens is 390 g/mol. The van der Waals surface area contributed by atoms with E-state index in [0.29, 0.717) is 43.1 Å². The number of nitrogens with one attached hydrogen (secondary N) is 2. The third-order valence-electron chi connectivity index (χ3n) is 5.70. The average Bonchev–Trinajstić information content (AvgIpc) is 3.31. The molecular formula is C21H29N3O6. The molecule has 164 valence electrons. The number of amides is 4. The first-order valence-corrected chi connectivity index (χ1v) is 10.1. The van der Waals surface area contributed by atoms with Crippen LogP contribution in [0.25, 0.3) is 0 Å². The smallest absolute Gasteiger partial charge is 0.325 e. The highest BCUT2D eigenvalue weighted by Gasteiger charge is 2.52. The summed E-state index contributed by atoms with van der Waals surface area (Å²) in [5.41, 5.74) is 0.0985. The molecule has 1 saturated heterocycles. The molecule has 2 fully saturated rings. The molecule has 4 amide bonds. The van der Waals surface area contributed by atoms with E-state index in [1.165, 1.54) is 26.2 Å². The van der Waals surface area contributed by atoms with Crippen LogP contribution in [0.2, 0.25) is 0 Å². The van der Waals surface area contributed by atoms with Gasteiger partial charge in [-0.1, -0.05) is 12.8 Å². The molecule has 1 aliphatic carbocycles. The molecule has 3 rings (SSSR count). The van der Waals surface area contributed by atoms with Crippen LogP contribution in [-0.4, -0.2) is 56.2 Å². The van der Waals surface area contributed by atoms with Crippen molar-refractivity contribution in [1.82, 2.24) is 15.5 Å². The Morgan fingerprint density at radius 2 is 1.73 bits per heavy atom. The Kier molecular flexibility index (Phi) is 6.69. The van der Waals surface area contributed by atoms with Gasteiger partial charge >= 0.3 is 6.03 Å². The number of carbonyl (C=O) groups excluding carboxylic acids is 3. The lowest BCUT2D eigenvalue weighted by Crippen LogP contribution is -2.44. The van der Waals surface area contributed by atoms with Crippen LogP contribution in [0.15, 0.2) is 12.1 Å². The zero-order valence-electron chi connectivity index (χ0n) is 17.7. The maximum absolute atomic E-state index is 12.6. The van der Waals surface area contributed by atoms with Crippen molar-refractivity contribution in [2.75, 3.05) is 27.9 Å². The minimum Gasteiger partial charge on any atom is -0.493 e. The number of benzene rings is 1. The molecule has 2 aliphatic rings. The monoisotopic (exact) mass is 419 g/mol. The number of ether oxygens (including phenoxy) is 3. The van der Waals surface area contributed by atoms with E-state index in [1.54, 1.807) is 12.1 Å². The molecule has 9 heteroatoms. The van der Waals surface area contributed by atoms with Gasteiger partial charge in [-0.25, -0.2) is 4.79 Å². The van der Waals surface area contributed by atoms with Crippen molar-refractivity contribution in [3.8, 4) is 17.2 Å². The quantitative estimate of drug-likeness (QED) is 0.593. The predicted molar refractivity (Wildman–Crippen MR) is 109 cm³/mol. The topological polar surface area (TPSA) is 106 Å². The molecule has 1 aromatic carbocycles. The Hall–Kier alpha value is -2.97. The van der Waals surface area contributed by atoms with Gasteiger partial charge in [0, 0.05) is 19.5 Å². The molecule has 0 unspecified atom stereocenters. The van der Waals surface area contributed by atoms with Gasteiger partial charge in [-0.15, -0.1) is 0 Å². The molecule has 0 radical (unpaired) electrons. The van der Waals surface area contributed by atoms with Gasteiger partial charge in [-0.2, -0.15) is 0 Å². The molecule has 9 nitrogen and oxygen atoms in total. The van der Waals surface area contributed by atoms with Gasteiger partial charge < -0.3 is 24.8 Å². The first-order valence-electron chi connectivity index (χ1n) is 10.1. The van der Waals surface area contributed by atoms with E-state index in [4.69, 9.17) is 14.2 Å². The van der Waals surface area contributed by atoms with Gasteiger partial charge in [0.15, 0.2) is 11.5 Å². The largest absolute Gasteiger partial charge is 0.493 e. The molecule has 1 aromatic rings. The minimum absolute atomic E-state index is 0.150. The van der Waals surface area contributed by atoms with Crippen LogP contribution in [0.1, 0.15) is 44.1 Å². The Bertz CT molecular complexity index is 794. The third-order valence-corrected chi connectivity index (χ3v) is 5.70. The summed E-state index contributed by atoms with van der Waals surface area (Å²) in [7, 11) is 4.60. The SMILES string of the molecule is COc1cc(CNC(=O)CCCN2C(=O)NC3(CCCC3)C2=O)cc(OC)c1OC. The van der Waals surface area contributed by atoms with E-state index < -0.39 is 5.54 Å². The Morgan fingerprint density at radius 3 is 2.30 bits per heavy atom. The number of methoxy groups -OCH3 is 3. The molecule has 1 heterocycles. The van der Waals surface area contributed by atoms with Crippen molar-refractivity contribution in [2.24, 2.45) is 0 Å². The summed E-state index contributed by atoms with van der Waals surface area (Å²) in [5.74, 6) is 1.21. The Labute approximate surface area is 176 Å². The highest BCUT2D eigenvalue weighted by atomic mass is 16.5. The number of hydrogen-bond donors (Lipinski definition) is 2. The fourth-order valence-electron chi connectivity index (χ4n) is 4.12. The number of imide groups is 1. The highest BCUT2D eigenvalue weighted by molar-refractivity contribution is 6.07. The zero-order chi connectivity index (χ0) is 21.7. The van der Waals surface area contributed by atoms with Crippen LogP contribution in [0.5, 0.6) is 17.2 Å². The molecule has 1 spiro atoms. The molecule has 0 atom stereocenters. The number of nitrogens with zero attached hydrogens (tertiary/aromatic N) is 1. The fraction of sp³-hybridized carbons (Fsp3) is 0.571. The van der Waals surface area contributed by atoms with Gasteiger partial charge in [0.25, 0.3) is 5.91 Å². The minimum atomic E-state index is -0.703. The van der Waals surface area contributed by atoms with E-state index in [-0.39, 0.29) is 30.8 Å². The van der Waals surface area contributed by atoms with Crippen LogP contribution in [0, 0.1) is 0 Å². The Morgan fingerprint density at radius 1 is 1.10 bits per heavy atom. The van der Waals surface area contributed by atoms with Gasteiger partial charge in [-0.3, -0.25) is 14.5 Å². The lowest BCUT2D eigenvalue weighted by Gasteiger charge is -2.19. The second-order valence-electron chi connectivity index (χ2n) is 7.59. The molecule has 1 saturated carbocycles. The van der Waals surface area contributed by atoms with Crippen LogP contribution < -0.4 is 24.8 Å². The maximum Gasteiger partial charge on any atom is 0.325 e. The number of carbonyl (C=O) groups is 3. The first-order chi connectivity index (χ1) is 14.4. The maximum atomic E-state index is 12.6. The summed E-state index contributed by atoms with van der Waals surface area (Å²) < 4.78 is 15.9. The zero-order valence-corrected chi connectivity index (χ0v) is 17.7. The summed E-state index contributed by atoms with van der Waals surface area (Å²) in [6.45, 7) is 0.534. The normalized spacial score (nSPS) is 17.2. The van der Waals surface area contributed by atoms with Crippen LogP contribution >= 0.6 is 0 Å². The van der Waals surface area contributed by atoms with Gasteiger partial charge in [0.2, 0.25) is 11.7 Å². The van der Waals surface area contributed by atoms with Crippen molar-refractivity contribution in [3.63, 3.8) is 0 Å². The third kappa shape index (κ3) is 4.29. The average molecular weight is 419 g/mol. The molecule has 1 aliphatic heterocycles. The number of urea groups is 1. The van der Waals surface area contributed by atoms with Crippen LogP contribution in [-0.2, 0) is 16.1 Å². The summed E-state index contributed by atoms with van der Waals surface area (Å²) in [6, 6.07) is 3.20. The first kappa shape index (κ1) is 21.7. The molecule has 2 N–H and O–H groups in total. The van der Waals surface area contributed by atoms with Crippen molar-refractivity contribution in [2.45, 2.75) is 50.6 Å². The van der Waals surface area contributed by atoms with Crippen LogP contribution in [0.3, 0.4) is 0 Å². The van der Waals surface area contributed by atoms with Crippen LogP contribution in [0.4, 0.5) is 4.79 Å². The van der Waals surface area contributed by atoms with Gasteiger partial charge in [-0.05, 0) is 37.0 Å². The van der Waals surface area contributed by atoms with Crippen molar-refractivity contribution in [3.05, 3.63) is 17.7 Å². The standard InChI is InChI=1S/C21H29N3O6/c1-28-15-11-14(12-16(29-2)18(15)30-3)13-22-17(25)7-6-10-24-19(26)21(23-20(24)27)8-4-5-9-21/h11-12H,4-10,13H2,1-3H3,(H,22,25)(H,23,27). The summed E-state index contributed by atoms with van der Waals surface area (Å²) in [5, 5.41) is 5.69. The predicted octanol–water partition coefficient (Wildman–Crippen LogP) is 1.97. The van der Waals surface area contributed by atoms with Gasteiger partial charge in [0.05, 0.1) is 21.3 Å². The van der Waals surface area contributed by atoms with Crippen molar-refractivity contribution < 1.29 is 28.6 Å². The number of hydrogen-bond acceptors (Lipinski definition) is 6. The lowest BCUT2D eigenvalue weighted by molar-refractivity contribution is -0.131. The van der Waals surface area contributed by atoms with E-state index in [9.17, 15) is 14.4 Å². The van der Waals surface area contributed by atoms with E-state index in [2.05, 4.69) is 10.6 Å². The second kappa shape index (κ2) is 9.23. The fourth-order valence-corrected chi connectivity index (χ4v) is 4.12. The number of rotatable bonds is 9. The Balaban J connectivity index is 1.49. The molecule has 0 aromatic heterocycles. The lowest BCUT2D eigenvalue weighted by atomic mass is 9.98. The molecule has 0 bridgehead atoms. The summed E-state index contributed by atoms with van der Waals surface area (Å²) in [6.07, 6.45) is 3.92. The second-order valence-corrected chi connectivity index (χ2v) is 7.59. The van der Waals surface area contributed by atoms with Crippen molar-refractivity contribution in [1.29, 1.82) is 0 Å². The van der Waals surface area contributed by atoms with E-state index in [1.807, 2.05) is 0 Å².